The minimum atomic E-state index is -4.22. The Labute approximate surface area is 325 Å². The van der Waals surface area contributed by atoms with Crippen molar-refractivity contribution in [3.63, 3.8) is 0 Å². The Kier molecular flexibility index (Phi) is 14.0. The van der Waals surface area contributed by atoms with Gasteiger partial charge >= 0.3 is 7.82 Å². The number of rotatable bonds is 15. The van der Waals surface area contributed by atoms with E-state index in [4.69, 9.17) is 13.6 Å². The average molecular weight is 747 g/mol. The van der Waals surface area contributed by atoms with E-state index in [1.807, 2.05) is 39.0 Å². The van der Waals surface area contributed by atoms with Gasteiger partial charge in [0.2, 0.25) is 0 Å². The lowest BCUT2D eigenvalue weighted by Gasteiger charge is -2.37. The lowest BCUT2D eigenvalue weighted by atomic mass is 9.70. The molecule has 0 heterocycles. The highest BCUT2D eigenvalue weighted by atomic mass is 31.2. The Hall–Kier alpha value is -2.23. The molecule has 0 aliphatic heterocycles. The van der Waals surface area contributed by atoms with Gasteiger partial charge in [0.1, 0.15) is 0 Å². The highest BCUT2D eigenvalue weighted by molar-refractivity contribution is 7.48. The van der Waals surface area contributed by atoms with Crippen molar-refractivity contribution in [2.75, 3.05) is 0 Å². The molecule has 0 fully saturated rings. The van der Waals surface area contributed by atoms with Crippen molar-refractivity contribution in [2.45, 2.75) is 178 Å². The van der Waals surface area contributed by atoms with Crippen LogP contribution >= 0.6 is 7.82 Å². The van der Waals surface area contributed by atoms with Gasteiger partial charge in [-0.2, -0.15) is 0 Å². The fourth-order valence-corrected chi connectivity index (χ4v) is 11.1. The predicted molar refractivity (Wildman–Crippen MR) is 227 cm³/mol. The first-order valence-electron chi connectivity index (χ1n) is 19.9. The Bertz CT molecular complexity index is 1500. The molecule has 0 N–H and O–H groups in total. The topological polar surface area (TPSA) is 44.8 Å². The maximum Gasteiger partial charge on any atom is 0.476 e. The van der Waals surface area contributed by atoms with Crippen molar-refractivity contribution < 1.29 is 18.1 Å². The minimum absolute atomic E-state index is 0.120. The summed E-state index contributed by atoms with van der Waals surface area (Å²) in [7, 11) is -4.22. The van der Waals surface area contributed by atoms with Gasteiger partial charge in [-0.15, -0.1) is 0 Å². The van der Waals surface area contributed by atoms with Crippen LogP contribution in [-0.2, 0) is 34.4 Å². The molecular formula is C48H75O4P. The molecule has 0 aliphatic rings. The molecule has 5 heteroatoms. The van der Waals surface area contributed by atoms with E-state index in [0.29, 0.717) is 0 Å². The van der Waals surface area contributed by atoms with E-state index in [1.165, 1.54) is 16.7 Å². The lowest BCUT2D eigenvalue weighted by Crippen LogP contribution is -2.27. The van der Waals surface area contributed by atoms with Crippen LogP contribution in [0.5, 0.6) is 0 Å². The standard InChI is InChI=1S/C48H75O4P/c1-34(37-25-19-22-28-40(37)46(13,14)31-43(4,5)6)50-53(49,51-35(2)38-26-20-23-29-41(38)47(15,16)32-44(7,8)9)52-36(3)39-27-21-24-30-42(39)48(17,18)33-45(10,11)12/h19-30,34-36H,31-33H2,1-18H3. The van der Waals surface area contributed by atoms with Crippen LogP contribution in [0.25, 0.3) is 0 Å². The second-order valence-electron chi connectivity index (χ2n) is 21.3. The van der Waals surface area contributed by atoms with Crippen molar-refractivity contribution in [1.82, 2.24) is 0 Å². The third-order valence-corrected chi connectivity index (χ3v) is 11.9. The molecule has 0 saturated carbocycles. The van der Waals surface area contributed by atoms with Crippen LogP contribution in [0.15, 0.2) is 72.8 Å². The molecule has 4 nitrogen and oxygen atoms in total. The Morgan fingerprint density at radius 3 is 0.830 bits per heavy atom. The number of hydrogen-bond donors (Lipinski definition) is 0. The molecule has 3 aromatic carbocycles. The zero-order valence-electron chi connectivity index (χ0n) is 36.9. The van der Waals surface area contributed by atoms with Gasteiger partial charge in [-0.1, -0.05) is 177 Å². The molecule has 3 aromatic rings. The Morgan fingerprint density at radius 1 is 0.415 bits per heavy atom. The molecule has 0 radical (unpaired) electrons. The van der Waals surface area contributed by atoms with Crippen LogP contribution in [0.3, 0.4) is 0 Å². The molecule has 53 heavy (non-hydrogen) atoms. The molecule has 0 aliphatic carbocycles. The molecule has 296 valence electrons. The highest BCUT2D eigenvalue weighted by Gasteiger charge is 2.40. The molecule has 3 atom stereocenters. The number of phosphoric acid groups is 1. The van der Waals surface area contributed by atoms with E-state index < -0.39 is 26.1 Å². The molecule has 3 rings (SSSR count). The molecule has 0 spiro atoms. The molecular weight excluding hydrogens is 671 g/mol. The predicted octanol–water partition coefficient (Wildman–Crippen LogP) is 15.6. The lowest BCUT2D eigenvalue weighted by molar-refractivity contribution is 0.0405. The monoisotopic (exact) mass is 747 g/mol. The van der Waals surface area contributed by atoms with E-state index in [0.717, 1.165) is 36.0 Å². The Balaban J connectivity index is 2.14. The SMILES string of the molecule is CC(OP(=O)(OC(C)c1ccccc1C(C)(C)CC(C)(C)C)OC(C)c1ccccc1C(C)(C)CC(C)(C)C)c1ccccc1C(C)(C)CC(C)(C)C. The maximum atomic E-state index is 15.5. The summed E-state index contributed by atoms with van der Waals surface area (Å²) >= 11 is 0. The largest absolute Gasteiger partial charge is 0.476 e. The molecule has 0 aromatic heterocycles. The van der Waals surface area contributed by atoms with Crippen LogP contribution in [0, 0.1) is 16.2 Å². The van der Waals surface area contributed by atoms with E-state index in [-0.39, 0.29) is 32.5 Å². The number of benzene rings is 3. The van der Waals surface area contributed by atoms with Crippen LogP contribution in [0.2, 0.25) is 0 Å². The quantitative estimate of drug-likeness (QED) is 0.145. The summed E-state index contributed by atoms with van der Waals surface area (Å²) in [4.78, 5) is 0. The highest BCUT2D eigenvalue weighted by Crippen LogP contribution is 2.60. The van der Waals surface area contributed by atoms with Crippen LogP contribution in [0.4, 0.5) is 0 Å². The third-order valence-electron chi connectivity index (χ3n) is 10.2. The van der Waals surface area contributed by atoms with Gasteiger partial charge in [0.25, 0.3) is 0 Å². The maximum absolute atomic E-state index is 15.5. The van der Waals surface area contributed by atoms with Gasteiger partial charge in [0.15, 0.2) is 0 Å². The van der Waals surface area contributed by atoms with Crippen molar-refractivity contribution in [2.24, 2.45) is 16.2 Å². The second kappa shape index (κ2) is 16.5. The van der Waals surface area contributed by atoms with Gasteiger partial charge in [0, 0.05) is 0 Å². The second-order valence-corrected chi connectivity index (χ2v) is 22.8. The normalized spacial score (nSPS) is 16.6. The molecule has 0 saturated heterocycles. The average Bonchev–Trinajstić information content (AvgIpc) is 2.97. The number of phosphoric ester groups is 1. The smallest absolute Gasteiger partial charge is 0.279 e. The van der Waals surface area contributed by atoms with Gasteiger partial charge < -0.3 is 0 Å². The fraction of sp³-hybridized carbons (Fsp3) is 0.625. The first-order valence-corrected chi connectivity index (χ1v) is 21.3. The van der Waals surface area contributed by atoms with Gasteiger partial charge in [-0.3, -0.25) is 13.6 Å². The van der Waals surface area contributed by atoms with Crippen LogP contribution in [0.1, 0.15) is 196 Å². The van der Waals surface area contributed by atoms with Crippen molar-refractivity contribution >= 4 is 7.82 Å². The third kappa shape index (κ3) is 12.9. The van der Waals surface area contributed by atoms with Gasteiger partial charge in [0.05, 0.1) is 18.3 Å². The van der Waals surface area contributed by atoms with E-state index in [1.54, 1.807) is 0 Å². The first kappa shape index (κ1) is 45.2. The van der Waals surface area contributed by atoms with Crippen molar-refractivity contribution in [3.8, 4) is 0 Å². The molecule has 0 amide bonds. The summed E-state index contributed by atoms with van der Waals surface area (Å²) in [5.74, 6) is 0. The summed E-state index contributed by atoms with van der Waals surface area (Å²) in [6, 6.07) is 25.2. The van der Waals surface area contributed by atoms with Gasteiger partial charge in [-0.25, -0.2) is 4.57 Å². The zero-order valence-corrected chi connectivity index (χ0v) is 37.8. The summed E-state index contributed by atoms with van der Waals surface area (Å²) in [6.45, 7) is 40.1. The van der Waals surface area contributed by atoms with E-state index >= 15 is 4.57 Å². The van der Waals surface area contributed by atoms with Gasteiger partial charge in [-0.05, 0) is 106 Å². The summed E-state index contributed by atoms with van der Waals surface area (Å²) < 4.78 is 35.6. The Morgan fingerprint density at radius 2 is 0.623 bits per heavy atom. The van der Waals surface area contributed by atoms with Crippen molar-refractivity contribution in [3.05, 3.63) is 106 Å². The van der Waals surface area contributed by atoms with E-state index in [2.05, 4.69) is 158 Å². The first-order chi connectivity index (χ1) is 24.0. The summed E-state index contributed by atoms with van der Waals surface area (Å²) in [5, 5.41) is 0. The summed E-state index contributed by atoms with van der Waals surface area (Å²) in [6.07, 6.45) is 1.25. The summed E-state index contributed by atoms with van der Waals surface area (Å²) in [5.41, 5.74) is 6.44. The zero-order chi connectivity index (χ0) is 40.4. The molecule has 3 unspecified atom stereocenters. The number of hydrogen-bond acceptors (Lipinski definition) is 4. The minimum Gasteiger partial charge on any atom is -0.279 e. The van der Waals surface area contributed by atoms with Crippen LogP contribution in [-0.4, -0.2) is 0 Å². The van der Waals surface area contributed by atoms with Crippen LogP contribution < -0.4 is 0 Å². The van der Waals surface area contributed by atoms with Crippen molar-refractivity contribution in [1.29, 1.82) is 0 Å². The molecule has 0 bridgehead atoms. The van der Waals surface area contributed by atoms with E-state index in [9.17, 15) is 0 Å². The fourth-order valence-electron chi connectivity index (χ4n) is 9.49.